The molecule has 0 spiro atoms. The van der Waals surface area contributed by atoms with Gasteiger partial charge in [0.15, 0.2) is 0 Å². The van der Waals surface area contributed by atoms with Gasteiger partial charge in [0.25, 0.3) is 0 Å². The van der Waals surface area contributed by atoms with Gasteiger partial charge in [0.2, 0.25) is 5.91 Å². The summed E-state index contributed by atoms with van der Waals surface area (Å²) in [7, 11) is 0. The minimum Gasteiger partial charge on any atom is -0.481 e. The molecule has 0 saturated heterocycles. The van der Waals surface area contributed by atoms with Crippen LogP contribution < -0.4 is 4.90 Å². The van der Waals surface area contributed by atoms with E-state index in [0.29, 0.717) is 13.0 Å². The maximum absolute atomic E-state index is 12.2. The standard InChI is InChI=1S/C14H17NO3/c16-13(17)7-4-10-15(14(18)11-8-9-11)12-5-2-1-3-6-12/h1-3,5-6,11H,4,7-10H2,(H,16,17). The van der Waals surface area contributed by atoms with Crippen LogP contribution >= 0.6 is 0 Å². The molecule has 1 amide bonds. The largest absolute Gasteiger partial charge is 0.481 e. The molecule has 0 unspecified atom stereocenters. The highest BCUT2D eigenvalue weighted by Crippen LogP contribution is 2.32. The van der Waals surface area contributed by atoms with Gasteiger partial charge in [0.05, 0.1) is 0 Å². The zero-order chi connectivity index (χ0) is 13.0. The predicted octanol–water partition coefficient (Wildman–Crippen LogP) is 2.29. The smallest absolute Gasteiger partial charge is 0.303 e. The number of hydrogen-bond acceptors (Lipinski definition) is 2. The molecule has 0 atom stereocenters. The topological polar surface area (TPSA) is 57.6 Å². The van der Waals surface area contributed by atoms with Crippen LogP contribution in [-0.2, 0) is 9.59 Å². The fourth-order valence-corrected chi connectivity index (χ4v) is 1.91. The van der Waals surface area contributed by atoms with E-state index in [4.69, 9.17) is 5.11 Å². The summed E-state index contributed by atoms with van der Waals surface area (Å²) in [6, 6.07) is 9.46. The zero-order valence-electron chi connectivity index (χ0n) is 10.2. The lowest BCUT2D eigenvalue weighted by Crippen LogP contribution is -2.33. The van der Waals surface area contributed by atoms with Crippen LogP contribution in [0.2, 0.25) is 0 Å². The molecule has 0 radical (unpaired) electrons. The maximum atomic E-state index is 12.2. The van der Waals surface area contributed by atoms with Gasteiger partial charge in [0.1, 0.15) is 0 Å². The van der Waals surface area contributed by atoms with Gasteiger partial charge in [-0.2, -0.15) is 0 Å². The molecule has 1 fully saturated rings. The number of benzene rings is 1. The maximum Gasteiger partial charge on any atom is 0.303 e. The molecule has 1 aliphatic rings. The Labute approximate surface area is 106 Å². The molecule has 2 rings (SSSR count). The molecular weight excluding hydrogens is 230 g/mol. The highest BCUT2D eigenvalue weighted by atomic mass is 16.4. The number of anilines is 1. The van der Waals surface area contributed by atoms with E-state index in [-0.39, 0.29) is 18.2 Å². The number of nitrogens with zero attached hydrogens (tertiary/aromatic N) is 1. The zero-order valence-corrected chi connectivity index (χ0v) is 10.2. The molecule has 1 aromatic rings. The van der Waals surface area contributed by atoms with Crippen molar-refractivity contribution in [2.75, 3.05) is 11.4 Å². The summed E-state index contributed by atoms with van der Waals surface area (Å²) in [6.45, 7) is 0.478. The fourth-order valence-electron chi connectivity index (χ4n) is 1.91. The molecule has 4 nitrogen and oxygen atoms in total. The molecule has 0 bridgehead atoms. The molecule has 0 aromatic heterocycles. The minimum absolute atomic E-state index is 0.0985. The third-order valence-electron chi connectivity index (χ3n) is 3.03. The van der Waals surface area contributed by atoms with Crippen LogP contribution in [0, 0.1) is 5.92 Å². The lowest BCUT2D eigenvalue weighted by atomic mass is 10.2. The van der Waals surface area contributed by atoms with Crippen LogP contribution in [0.5, 0.6) is 0 Å². The second-order valence-corrected chi connectivity index (χ2v) is 4.60. The van der Waals surface area contributed by atoms with Gasteiger partial charge in [-0.25, -0.2) is 0 Å². The van der Waals surface area contributed by atoms with Crippen LogP contribution in [0.15, 0.2) is 30.3 Å². The Morgan fingerprint density at radius 2 is 1.89 bits per heavy atom. The minimum atomic E-state index is -0.818. The van der Waals surface area contributed by atoms with Crippen LogP contribution in [0.3, 0.4) is 0 Å². The van der Waals surface area contributed by atoms with E-state index in [1.165, 1.54) is 0 Å². The highest BCUT2D eigenvalue weighted by molar-refractivity contribution is 5.96. The van der Waals surface area contributed by atoms with Gasteiger partial charge in [-0.1, -0.05) is 18.2 Å². The van der Waals surface area contributed by atoms with Crippen molar-refractivity contribution in [2.45, 2.75) is 25.7 Å². The Hall–Kier alpha value is -1.84. The van der Waals surface area contributed by atoms with Crippen LogP contribution in [0.1, 0.15) is 25.7 Å². The van der Waals surface area contributed by atoms with E-state index < -0.39 is 5.97 Å². The molecule has 1 aliphatic carbocycles. The van der Waals surface area contributed by atoms with E-state index in [1.54, 1.807) is 4.90 Å². The monoisotopic (exact) mass is 247 g/mol. The Balaban J connectivity index is 2.03. The first-order valence-electron chi connectivity index (χ1n) is 6.26. The van der Waals surface area contributed by atoms with Crippen molar-refractivity contribution in [3.05, 3.63) is 30.3 Å². The summed E-state index contributed by atoms with van der Waals surface area (Å²) in [5.74, 6) is -0.538. The SMILES string of the molecule is O=C(O)CCCN(C(=O)C1CC1)c1ccccc1. The number of rotatable bonds is 6. The van der Waals surface area contributed by atoms with E-state index in [2.05, 4.69) is 0 Å². The van der Waals surface area contributed by atoms with Gasteiger partial charge in [-0.15, -0.1) is 0 Å². The Kier molecular flexibility index (Phi) is 3.97. The number of aliphatic carboxylic acids is 1. The van der Waals surface area contributed by atoms with Crippen LogP contribution in [0.4, 0.5) is 5.69 Å². The molecule has 96 valence electrons. The van der Waals surface area contributed by atoms with Gasteiger partial charge >= 0.3 is 5.97 Å². The second kappa shape index (κ2) is 5.67. The molecule has 0 aliphatic heterocycles. The van der Waals surface area contributed by atoms with Crippen molar-refractivity contribution in [3.63, 3.8) is 0 Å². The molecule has 18 heavy (non-hydrogen) atoms. The highest BCUT2D eigenvalue weighted by Gasteiger charge is 2.33. The number of amides is 1. The predicted molar refractivity (Wildman–Crippen MR) is 68.4 cm³/mol. The molecule has 1 aromatic carbocycles. The molecule has 4 heteroatoms. The van der Waals surface area contributed by atoms with Crippen molar-refractivity contribution in [3.8, 4) is 0 Å². The van der Waals surface area contributed by atoms with E-state index in [0.717, 1.165) is 18.5 Å². The van der Waals surface area contributed by atoms with E-state index >= 15 is 0 Å². The Morgan fingerprint density at radius 1 is 1.22 bits per heavy atom. The van der Waals surface area contributed by atoms with Crippen molar-refractivity contribution in [1.82, 2.24) is 0 Å². The number of hydrogen-bond donors (Lipinski definition) is 1. The van der Waals surface area contributed by atoms with Gasteiger partial charge in [0, 0.05) is 24.6 Å². The van der Waals surface area contributed by atoms with Crippen LogP contribution in [-0.4, -0.2) is 23.5 Å². The molecule has 0 heterocycles. The summed E-state index contributed by atoms with van der Waals surface area (Å²) in [6.07, 6.45) is 2.51. The molecular formula is C14H17NO3. The number of para-hydroxylation sites is 1. The summed E-state index contributed by atoms with van der Waals surface area (Å²) >= 11 is 0. The van der Waals surface area contributed by atoms with Crippen molar-refractivity contribution in [2.24, 2.45) is 5.92 Å². The fraction of sp³-hybridized carbons (Fsp3) is 0.429. The molecule has 1 saturated carbocycles. The van der Waals surface area contributed by atoms with Crippen molar-refractivity contribution < 1.29 is 14.7 Å². The number of carboxylic acids is 1. The van der Waals surface area contributed by atoms with E-state index in [9.17, 15) is 9.59 Å². The Bertz CT molecular complexity index is 426. The van der Waals surface area contributed by atoms with Crippen LogP contribution in [0.25, 0.3) is 0 Å². The van der Waals surface area contributed by atoms with E-state index in [1.807, 2.05) is 30.3 Å². The van der Waals surface area contributed by atoms with Gasteiger partial charge in [-0.05, 0) is 31.4 Å². The normalized spacial score (nSPS) is 14.2. The summed E-state index contributed by atoms with van der Waals surface area (Å²) in [5, 5.41) is 8.65. The first-order valence-corrected chi connectivity index (χ1v) is 6.26. The van der Waals surface area contributed by atoms with Gasteiger partial charge in [-0.3, -0.25) is 9.59 Å². The Morgan fingerprint density at radius 3 is 2.44 bits per heavy atom. The van der Waals surface area contributed by atoms with Crippen molar-refractivity contribution >= 4 is 17.6 Å². The summed E-state index contributed by atoms with van der Waals surface area (Å²) in [5.41, 5.74) is 0.861. The number of carboxylic acid groups (broad SMARTS) is 1. The van der Waals surface area contributed by atoms with Gasteiger partial charge < -0.3 is 10.0 Å². The second-order valence-electron chi connectivity index (χ2n) is 4.60. The first kappa shape index (κ1) is 12.6. The quantitative estimate of drug-likeness (QED) is 0.839. The third kappa shape index (κ3) is 3.32. The first-order chi connectivity index (χ1) is 8.68. The third-order valence-corrected chi connectivity index (χ3v) is 3.03. The molecule has 1 N–H and O–H groups in total. The average Bonchev–Trinajstić information content (AvgIpc) is 3.19. The van der Waals surface area contributed by atoms with Crippen molar-refractivity contribution in [1.29, 1.82) is 0 Å². The lowest BCUT2D eigenvalue weighted by Gasteiger charge is -2.22. The summed E-state index contributed by atoms with van der Waals surface area (Å²) < 4.78 is 0. The number of carbonyl (C=O) groups excluding carboxylic acids is 1. The average molecular weight is 247 g/mol. The summed E-state index contributed by atoms with van der Waals surface area (Å²) in [4.78, 5) is 24.4. The lowest BCUT2D eigenvalue weighted by molar-refractivity contribution is -0.137. The number of carbonyl (C=O) groups is 2.